The minimum absolute atomic E-state index is 0.0107. The van der Waals surface area contributed by atoms with Gasteiger partial charge in [-0.1, -0.05) is 17.4 Å². The van der Waals surface area contributed by atoms with Gasteiger partial charge in [0.25, 0.3) is 0 Å². The molecule has 5 saturated carbocycles. The van der Waals surface area contributed by atoms with Gasteiger partial charge in [-0.2, -0.15) is 0 Å². The molecule has 1 saturated heterocycles. The predicted octanol–water partition coefficient (Wildman–Crippen LogP) is 4.32. The van der Waals surface area contributed by atoms with Crippen LogP contribution in [0.25, 0.3) is 0 Å². The van der Waals surface area contributed by atoms with Crippen molar-refractivity contribution in [1.29, 1.82) is 0 Å². The quantitative estimate of drug-likeness (QED) is 0.637. The lowest BCUT2D eigenvalue weighted by molar-refractivity contribution is -0.134. The number of ether oxygens (including phenoxy) is 1. The maximum absolute atomic E-state index is 13.6. The number of rotatable bonds is 4. The first-order valence-corrected chi connectivity index (χ1v) is 13.7. The van der Waals surface area contributed by atoms with Crippen molar-refractivity contribution in [1.82, 2.24) is 10.0 Å². The van der Waals surface area contributed by atoms with E-state index < -0.39 is 5.60 Å². The van der Waals surface area contributed by atoms with E-state index in [2.05, 4.69) is 17.4 Å². The van der Waals surface area contributed by atoms with Gasteiger partial charge >= 0.3 is 0 Å². The Morgan fingerprint density at radius 2 is 1.76 bits per heavy atom. The van der Waals surface area contributed by atoms with E-state index in [4.69, 9.17) is 4.74 Å². The third-order valence-corrected chi connectivity index (χ3v) is 11.1. The Morgan fingerprint density at radius 3 is 2.58 bits per heavy atom. The number of ketones is 1. The molecule has 0 bridgehead atoms. The maximum Gasteiger partial charge on any atom is 0.196 e. The van der Waals surface area contributed by atoms with Crippen LogP contribution >= 0.6 is 0 Å². The first-order valence-electron chi connectivity index (χ1n) is 13.7. The van der Waals surface area contributed by atoms with Crippen LogP contribution in [0.2, 0.25) is 0 Å². The highest BCUT2D eigenvalue weighted by Gasteiger charge is 2.60. The molecule has 0 aromatic heterocycles. The van der Waals surface area contributed by atoms with Crippen LogP contribution in [0.1, 0.15) is 84.5 Å². The van der Waals surface area contributed by atoms with E-state index in [9.17, 15) is 9.90 Å². The van der Waals surface area contributed by atoms with Crippen molar-refractivity contribution in [3.63, 3.8) is 0 Å². The molecule has 2 heterocycles. The molecule has 6 fully saturated rings. The second kappa shape index (κ2) is 7.16. The molecule has 33 heavy (non-hydrogen) atoms. The van der Waals surface area contributed by atoms with Crippen LogP contribution in [0, 0.1) is 40.9 Å². The van der Waals surface area contributed by atoms with Gasteiger partial charge in [-0.25, -0.2) is 10.0 Å². The Morgan fingerprint density at radius 1 is 0.939 bits per heavy atom. The molecule has 1 N–H and O–H groups in total. The lowest BCUT2D eigenvalue weighted by Crippen LogP contribution is -2.51. The minimum Gasteiger partial charge on any atom is -0.390 e. The second-order valence-corrected chi connectivity index (χ2v) is 13.1. The minimum atomic E-state index is -0.451. The van der Waals surface area contributed by atoms with E-state index in [0.717, 1.165) is 37.0 Å². The molecule has 0 spiro atoms. The molecular formula is C26H40N4O3. The number of hydrogen-bond donors (Lipinski definition) is 1. The van der Waals surface area contributed by atoms with Gasteiger partial charge < -0.3 is 9.84 Å². The molecule has 0 amide bonds. The van der Waals surface area contributed by atoms with E-state index in [1.165, 1.54) is 51.4 Å². The van der Waals surface area contributed by atoms with E-state index in [-0.39, 0.29) is 23.8 Å². The molecule has 0 aromatic rings. The van der Waals surface area contributed by atoms with Crippen molar-refractivity contribution >= 4 is 5.78 Å². The summed E-state index contributed by atoms with van der Waals surface area (Å²) in [6, 6.07) is 0.497. The Bertz CT molecular complexity index is 858. The number of epoxide rings is 1. The highest BCUT2D eigenvalue weighted by Crippen LogP contribution is 2.64. The van der Waals surface area contributed by atoms with Crippen molar-refractivity contribution in [2.24, 2.45) is 51.4 Å². The number of aliphatic hydroxyl groups is 1. The number of carbonyl (C=O) groups excluding carboxylic acids is 1. The summed E-state index contributed by atoms with van der Waals surface area (Å²) in [7, 11) is 0. The average Bonchev–Trinajstić information content (AvgIpc) is 3.69. The highest BCUT2D eigenvalue weighted by atomic mass is 16.6. The highest BCUT2D eigenvalue weighted by molar-refractivity contribution is 5.84. The zero-order valence-corrected chi connectivity index (χ0v) is 20.2. The SMILES string of the molecule is C[C@@]1(O)CC[C@H]2[C@H](CC[C@@H]3[C@@H]2CC[C@]2(C)[C@@H](C(=O)CN4N=NN(C5CC5)C5OC54)CC[C@@H]32)C1. The molecule has 10 atom stereocenters. The molecule has 0 aromatic carbocycles. The fourth-order valence-corrected chi connectivity index (χ4v) is 9.33. The molecule has 2 unspecified atom stereocenters. The fourth-order valence-electron chi connectivity index (χ4n) is 9.33. The monoisotopic (exact) mass is 456 g/mol. The lowest BCUT2D eigenvalue weighted by Gasteiger charge is -2.56. The summed E-state index contributed by atoms with van der Waals surface area (Å²) in [5.74, 6) is 4.31. The summed E-state index contributed by atoms with van der Waals surface area (Å²) >= 11 is 0. The van der Waals surface area contributed by atoms with Crippen LogP contribution in [-0.4, -0.2) is 51.6 Å². The van der Waals surface area contributed by atoms with E-state index in [0.29, 0.717) is 30.2 Å². The molecule has 5 aliphatic carbocycles. The fraction of sp³-hybridized carbons (Fsp3) is 0.962. The summed E-state index contributed by atoms with van der Waals surface area (Å²) in [4.78, 5) is 13.6. The third kappa shape index (κ3) is 3.31. The van der Waals surface area contributed by atoms with Crippen molar-refractivity contribution in [3.8, 4) is 0 Å². The molecule has 2 aliphatic heterocycles. The Hall–Kier alpha value is -1.21. The summed E-state index contributed by atoms with van der Waals surface area (Å²) < 4.78 is 5.83. The Balaban J connectivity index is 1.03. The summed E-state index contributed by atoms with van der Waals surface area (Å²) in [5.41, 5.74) is -0.310. The summed E-state index contributed by atoms with van der Waals surface area (Å²) in [5, 5.41) is 23.2. The standard InChI is InChI=1S/C26H40N4O3/c1-25(32)11-9-17-15(13-25)3-6-19-18(17)10-12-26(2)20(19)7-8-21(26)22(31)14-29-23-24(33-23)30(28-27-29)16-4-5-16/h15-21,23-24,32H,3-14H2,1-2H3/t15-,17+,18-,19-,20+,21-,23?,24?,25-,26+/m1/s1. The van der Waals surface area contributed by atoms with Crippen molar-refractivity contribution in [2.45, 2.75) is 109 Å². The van der Waals surface area contributed by atoms with Crippen LogP contribution in [-0.2, 0) is 9.53 Å². The summed E-state index contributed by atoms with van der Waals surface area (Å²) in [6.45, 7) is 4.83. The number of fused-ring (bicyclic) bond motifs is 6. The normalized spacial score (nSPS) is 52.6. The van der Waals surface area contributed by atoms with Gasteiger partial charge in [0, 0.05) is 5.92 Å². The van der Waals surface area contributed by atoms with Crippen LogP contribution in [0.4, 0.5) is 0 Å². The molecule has 7 heteroatoms. The number of carbonyl (C=O) groups is 1. The topological polar surface area (TPSA) is 81.0 Å². The summed E-state index contributed by atoms with van der Waals surface area (Å²) in [6.07, 6.45) is 12.7. The first-order chi connectivity index (χ1) is 15.8. The van der Waals surface area contributed by atoms with E-state index >= 15 is 0 Å². The van der Waals surface area contributed by atoms with Crippen LogP contribution < -0.4 is 0 Å². The van der Waals surface area contributed by atoms with Gasteiger partial charge in [-0.05, 0) is 113 Å². The largest absolute Gasteiger partial charge is 0.390 e. The maximum atomic E-state index is 13.6. The predicted molar refractivity (Wildman–Crippen MR) is 121 cm³/mol. The van der Waals surface area contributed by atoms with Crippen molar-refractivity contribution < 1.29 is 14.6 Å². The van der Waals surface area contributed by atoms with Gasteiger partial charge in [-0.15, -0.1) is 0 Å². The Labute approximate surface area is 197 Å². The average molecular weight is 457 g/mol. The van der Waals surface area contributed by atoms with Crippen molar-refractivity contribution in [3.05, 3.63) is 0 Å². The Kier molecular flexibility index (Phi) is 4.58. The van der Waals surface area contributed by atoms with E-state index in [1.54, 1.807) is 0 Å². The second-order valence-electron chi connectivity index (χ2n) is 13.1. The molecule has 0 radical (unpaired) electrons. The van der Waals surface area contributed by atoms with E-state index in [1.807, 2.05) is 16.9 Å². The van der Waals surface area contributed by atoms with Gasteiger partial charge in [0.2, 0.25) is 0 Å². The molecule has 7 aliphatic rings. The number of nitrogens with zero attached hydrogens (tertiary/aromatic N) is 4. The van der Waals surface area contributed by atoms with Crippen molar-refractivity contribution in [2.75, 3.05) is 6.54 Å². The molecular weight excluding hydrogens is 416 g/mol. The third-order valence-electron chi connectivity index (χ3n) is 11.1. The zero-order chi connectivity index (χ0) is 22.5. The van der Waals surface area contributed by atoms with Gasteiger partial charge in [0.15, 0.2) is 18.2 Å². The lowest BCUT2D eigenvalue weighted by atomic mass is 9.49. The smallest absolute Gasteiger partial charge is 0.196 e. The van der Waals surface area contributed by atoms with Gasteiger partial charge in [-0.3, -0.25) is 4.79 Å². The number of Topliss-reactive ketones (excluding diaryl/α,β-unsaturated/α-hetero) is 1. The van der Waals surface area contributed by atoms with Crippen LogP contribution in [0.5, 0.6) is 0 Å². The van der Waals surface area contributed by atoms with Gasteiger partial charge in [0.05, 0.1) is 18.2 Å². The number of hydrogen-bond acceptors (Lipinski definition) is 7. The van der Waals surface area contributed by atoms with Crippen LogP contribution in [0.15, 0.2) is 10.4 Å². The van der Waals surface area contributed by atoms with Crippen LogP contribution in [0.3, 0.4) is 0 Å². The molecule has 182 valence electrons. The van der Waals surface area contributed by atoms with Gasteiger partial charge in [0.1, 0.15) is 0 Å². The molecule has 7 nitrogen and oxygen atoms in total. The zero-order valence-electron chi connectivity index (χ0n) is 20.2. The first kappa shape index (κ1) is 21.1. The molecule has 7 rings (SSSR count).